The summed E-state index contributed by atoms with van der Waals surface area (Å²) in [6, 6.07) is 8.23. The SMILES string of the molecule is C[C](N1CCCCC1)N1CCC(c2c[nH]c3ccc(C#N)cc23)CC1. The Bertz CT molecular complexity index is 758. The molecule has 4 heteroatoms. The number of rotatable bonds is 3. The summed E-state index contributed by atoms with van der Waals surface area (Å²) in [6.07, 6.45) is 10.1. The van der Waals surface area contributed by atoms with Crippen LogP contribution in [0.15, 0.2) is 24.4 Å². The maximum atomic E-state index is 9.18. The second-order valence-corrected chi connectivity index (χ2v) is 7.47. The van der Waals surface area contributed by atoms with Crippen molar-refractivity contribution < 1.29 is 0 Å². The molecule has 2 aliphatic rings. The Morgan fingerprint density at radius 2 is 1.80 bits per heavy atom. The summed E-state index contributed by atoms with van der Waals surface area (Å²) in [5.74, 6) is 0.591. The van der Waals surface area contributed by atoms with Crippen molar-refractivity contribution in [3.05, 3.63) is 41.7 Å². The quantitative estimate of drug-likeness (QED) is 0.914. The number of nitrogens with one attached hydrogen (secondary N) is 1. The number of piperidine rings is 2. The number of hydrogen-bond donors (Lipinski definition) is 1. The van der Waals surface area contributed by atoms with E-state index in [4.69, 9.17) is 0 Å². The van der Waals surface area contributed by atoms with Gasteiger partial charge in [0, 0.05) is 30.2 Å². The highest BCUT2D eigenvalue weighted by Gasteiger charge is 2.29. The molecule has 1 N–H and O–H groups in total. The summed E-state index contributed by atoms with van der Waals surface area (Å²) in [5, 5.41) is 10.4. The van der Waals surface area contributed by atoms with Crippen molar-refractivity contribution in [2.24, 2.45) is 0 Å². The van der Waals surface area contributed by atoms with E-state index in [2.05, 4.69) is 34.0 Å². The lowest BCUT2D eigenvalue weighted by Gasteiger charge is -2.41. The fourth-order valence-corrected chi connectivity index (χ4v) is 4.48. The van der Waals surface area contributed by atoms with E-state index in [-0.39, 0.29) is 0 Å². The third-order valence-electron chi connectivity index (χ3n) is 6.05. The molecule has 0 unspecified atom stereocenters. The number of aromatic amines is 1. The molecule has 25 heavy (non-hydrogen) atoms. The molecule has 131 valence electrons. The largest absolute Gasteiger partial charge is 0.361 e. The predicted molar refractivity (Wildman–Crippen MR) is 101 cm³/mol. The molecule has 0 spiro atoms. The first-order valence-electron chi connectivity index (χ1n) is 9.61. The van der Waals surface area contributed by atoms with Gasteiger partial charge in [-0.25, -0.2) is 0 Å². The normalized spacial score (nSPS) is 21.0. The molecule has 1 radical (unpaired) electrons. The first kappa shape index (κ1) is 16.6. The molecule has 2 aliphatic heterocycles. The summed E-state index contributed by atoms with van der Waals surface area (Å²) in [7, 11) is 0. The molecule has 0 atom stereocenters. The van der Waals surface area contributed by atoms with E-state index in [0.29, 0.717) is 5.92 Å². The van der Waals surface area contributed by atoms with Crippen LogP contribution in [0, 0.1) is 17.5 Å². The molecule has 3 heterocycles. The van der Waals surface area contributed by atoms with Gasteiger partial charge in [0.2, 0.25) is 0 Å². The lowest BCUT2D eigenvalue weighted by molar-refractivity contribution is 0.103. The van der Waals surface area contributed by atoms with E-state index in [1.165, 1.54) is 62.3 Å². The van der Waals surface area contributed by atoms with Crippen LogP contribution in [0.3, 0.4) is 0 Å². The highest BCUT2D eigenvalue weighted by molar-refractivity contribution is 5.85. The number of aromatic nitrogens is 1. The summed E-state index contributed by atoms with van der Waals surface area (Å²) < 4.78 is 0. The number of fused-ring (bicyclic) bond motifs is 1. The van der Waals surface area contributed by atoms with Gasteiger partial charge in [-0.05, 0) is 75.4 Å². The molecule has 2 fully saturated rings. The van der Waals surface area contributed by atoms with Crippen molar-refractivity contribution in [3.8, 4) is 6.07 Å². The van der Waals surface area contributed by atoms with Crippen LogP contribution in [-0.4, -0.2) is 41.0 Å². The minimum absolute atomic E-state index is 0.591. The minimum atomic E-state index is 0.591. The summed E-state index contributed by atoms with van der Waals surface area (Å²) in [4.78, 5) is 8.54. The summed E-state index contributed by atoms with van der Waals surface area (Å²) >= 11 is 0. The van der Waals surface area contributed by atoms with Crippen LogP contribution in [0.25, 0.3) is 10.9 Å². The van der Waals surface area contributed by atoms with Crippen LogP contribution < -0.4 is 0 Å². The van der Waals surface area contributed by atoms with Gasteiger partial charge in [-0.15, -0.1) is 0 Å². The molecular formula is C21H27N4. The maximum absolute atomic E-state index is 9.18. The Morgan fingerprint density at radius 1 is 1.08 bits per heavy atom. The lowest BCUT2D eigenvalue weighted by Crippen LogP contribution is -2.45. The molecule has 2 aromatic rings. The zero-order valence-electron chi connectivity index (χ0n) is 15.1. The molecule has 0 aliphatic carbocycles. The van der Waals surface area contributed by atoms with Crippen molar-refractivity contribution in [2.75, 3.05) is 26.2 Å². The van der Waals surface area contributed by atoms with Crippen molar-refractivity contribution in [2.45, 2.75) is 44.9 Å². The van der Waals surface area contributed by atoms with Gasteiger partial charge >= 0.3 is 0 Å². The molecule has 0 bridgehead atoms. The second-order valence-electron chi connectivity index (χ2n) is 7.47. The average Bonchev–Trinajstić information content (AvgIpc) is 3.11. The van der Waals surface area contributed by atoms with Gasteiger partial charge in [0.15, 0.2) is 0 Å². The standard InChI is InChI=1S/C21H27N4/c1-16(24-9-3-2-4-10-24)25-11-7-18(8-12-25)20-15-23-21-6-5-17(14-22)13-19(20)21/h5-6,13,15,18,23H,2-4,7-12H2,1H3. The fraction of sp³-hybridized carbons (Fsp3) is 0.524. The minimum Gasteiger partial charge on any atom is -0.361 e. The van der Waals surface area contributed by atoms with E-state index in [1.807, 2.05) is 18.2 Å². The Balaban J connectivity index is 1.44. The third kappa shape index (κ3) is 3.31. The molecule has 1 aromatic carbocycles. The van der Waals surface area contributed by atoms with Crippen molar-refractivity contribution in [3.63, 3.8) is 0 Å². The number of likely N-dealkylation sites (tertiary alicyclic amines) is 2. The van der Waals surface area contributed by atoms with Gasteiger partial charge in [0.25, 0.3) is 0 Å². The summed E-state index contributed by atoms with van der Waals surface area (Å²) in [5.41, 5.74) is 3.29. The molecule has 4 rings (SSSR count). The monoisotopic (exact) mass is 335 g/mol. The molecule has 0 amide bonds. The van der Waals surface area contributed by atoms with Crippen LogP contribution in [0.2, 0.25) is 0 Å². The number of nitrogens with zero attached hydrogens (tertiary/aromatic N) is 3. The number of benzene rings is 1. The van der Waals surface area contributed by atoms with Gasteiger partial charge in [-0.3, -0.25) is 9.80 Å². The van der Waals surface area contributed by atoms with Gasteiger partial charge < -0.3 is 4.98 Å². The predicted octanol–water partition coefficient (Wildman–Crippen LogP) is 4.21. The highest BCUT2D eigenvalue weighted by Crippen LogP contribution is 2.35. The molecular weight excluding hydrogens is 308 g/mol. The van der Waals surface area contributed by atoms with Crippen molar-refractivity contribution >= 4 is 10.9 Å². The lowest BCUT2D eigenvalue weighted by atomic mass is 9.88. The molecule has 4 nitrogen and oxygen atoms in total. The number of H-pyrrole nitrogens is 1. The fourth-order valence-electron chi connectivity index (χ4n) is 4.48. The molecule has 1 aromatic heterocycles. The first-order valence-corrected chi connectivity index (χ1v) is 9.61. The maximum Gasteiger partial charge on any atom is 0.103 e. The van der Waals surface area contributed by atoms with Gasteiger partial charge in [-0.1, -0.05) is 6.42 Å². The van der Waals surface area contributed by atoms with Crippen LogP contribution in [0.5, 0.6) is 0 Å². The van der Waals surface area contributed by atoms with Crippen LogP contribution >= 0.6 is 0 Å². The zero-order valence-corrected chi connectivity index (χ0v) is 15.1. The van der Waals surface area contributed by atoms with E-state index < -0.39 is 0 Å². The van der Waals surface area contributed by atoms with Crippen molar-refractivity contribution in [1.82, 2.24) is 14.8 Å². The Morgan fingerprint density at radius 3 is 2.52 bits per heavy atom. The Hall–Kier alpha value is -1.83. The Kier molecular flexibility index (Phi) is 4.78. The van der Waals surface area contributed by atoms with Gasteiger partial charge in [-0.2, -0.15) is 5.26 Å². The molecule has 0 saturated carbocycles. The van der Waals surface area contributed by atoms with Crippen molar-refractivity contribution in [1.29, 1.82) is 5.26 Å². The van der Waals surface area contributed by atoms with Crippen LogP contribution in [0.4, 0.5) is 0 Å². The smallest absolute Gasteiger partial charge is 0.103 e. The number of hydrogen-bond acceptors (Lipinski definition) is 3. The third-order valence-corrected chi connectivity index (χ3v) is 6.05. The Labute approximate surface area is 150 Å². The van der Waals surface area contributed by atoms with E-state index in [1.54, 1.807) is 0 Å². The zero-order chi connectivity index (χ0) is 17.2. The van der Waals surface area contributed by atoms with Crippen LogP contribution in [0.1, 0.15) is 56.1 Å². The number of nitriles is 1. The van der Waals surface area contributed by atoms with Crippen LogP contribution in [-0.2, 0) is 0 Å². The van der Waals surface area contributed by atoms with Gasteiger partial charge in [0.1, 0.15) is 6.17 Å². The van der Waals surface area contributed by atoms with E-state index >= 15 is 0 Å². The molecule has 2 saturated heterocycles. The highest BCUT2D eigenvalue weighted by atomic mass is 15.3. The van der Waals surface area contributed by atoms with Gasteiger partial charge in [0.05, 0.1) is 11.6 Å². The average molecular weight is 335 g/mol. The first-order chi connectivity index (χ1) is 12.3. The van der Waals surface area contributed by atoms with E-state index in [9.17, 15) is 5.26 Å². The second kappa shape index (κ2) is 7.19. The van der Waals surface area contributed by atoms with E-state index in [0.717, 1.165) is 24.2 Å². The summed E-state index contributed by atoms with van der Waals surface area (Å²) in [6.45, 7) is 7.03. The topological polar surface area (TPSA) is 46.1 Å².